The molecule has 0 heterocycles. The van der Waals surface area contributed by atoms with E-state index >= 15 is 0 Å². The van der Waals surface area contributed by atoms with Crippen LogP contribution in [0.5, 0.6) is 0 Å². The summed E-state index contributed by atoms with van der Waals surface area (Å²) in [5.74, 6) is 1.94. The fourth-order valence-electron chi connectivity index (χ4n) is 4.74. The Morgan fingerprint density at radius 2 is 2.10 bits per heavy atom. The third-order valence-electron chi connectivity index (χ3n) is 5.87. The molecule has 1 nitrogen and oxygen atoms in total. The van der Waals surface area contributed by atoms with E-state index in [0.717, 1.165) is 22.9 Å². The largest absolute Gasteiger partial charge is 0.313 e. The Labute approximate surface area is 127 Å². The average molecular weight is 290 g/mol. The molecule has 4 rings (SSSR count). The highest BCUT2D eigenvalue weighted by Crippen LogP contribution is 2.57. The first-order valence-electron chi connectivity index (χ1n) is 8.21. The highest BCUT2D eigenvalue weighted by Gasteiger charge is 2.50. The summed E-state index contributed by atoms with van der Waals surface area (Å²) in [6, 6.07) is 9.35. The maximum Gasteiger partial charge on any atom is 0.0408 e. The Kier molecular flexibility index (Phi) is 3.31. The fraction of sp³-hybridized carbons (Fsp3) is 0.667. The summed E-state index contributed by atoms with van der Waals surface area (Å²) < 4.78 is 0. The van der Waals surface area contributed by atoms with Gasteiger partial charge in [0.05, 0.1) is 0 Å². The van der Waals surface area contributed by atoms with Crippen molar-refractivity contribution in [2.75, 3.05) is 6.54 Å². The lowest BCUT2D eigenvalue weighted by Crippen LogP contribution is -2.41. The molecule has 0 aliphatic heterocycles. The van der Waals surface area contributed by atoms with E-state index in [1.165, 1.54) is 57.1 Å². The molecular formula is C18H24ClN. The number of halogens is 1. The van der Waals surface area contributed by atoms with Crippen LogP contribution in [0, 0.1) is 17.3 Å². The Morgan fingerprint density at radius 1 is 1.20 bits per heavy atom. The minimum absolute atomic E-state index is 0.510. The molecule has 3 aliphatic carbocycles. The molecule has 2 bridgehead atoms. The smallest absolute Gasteiger partial charge is 0.0408 e. The van der Waals surface area contributed by atoms with E-state index in [2.05, 4.69) is 23.5 Å². The molecule has 1 N–H and O–H groups in total. The van der Waals surface area contributed by atoms with Crippen molar-refractivity contribution in [2.24, 2.45) is 17.3 Å². The van der Waals surface area contributed by atoms with Crippen LogP contribution in [-0.4, -0.2) is 12.6 Å². The van der Waals surface area contributed by atoms with Crippen molar-refractivity contribution in [2.45, 2.75) is 51.0 Å². The summed E-state index contributed by atoms with van der Waals surface area (Å²) in [4.78, 5) is 0. The SMILES string of the molecule is Clc1cccc(CC2(CNC3CC3)CC3CCC2C3)c1. The first-order valence-corrected chi connectivity index (χ1v) is 8.59. The molecule has 0 radical (unpaired) electrons. The fourth-order valence-corrected chi connectivity index (χ4v) is 4.96. The molecule has 3 saturated carbocycles. The van der Waals surface area contributed by atoms with Gasteiger partial charge in [-0.15, -0.1) is 0 Å². The van der Waals surface area contributed by atoms with Gasteiger partial charge in [0.15, 0.2) is 0 Å². The number of rotatable bonds is 5. The molecule has 0 amide bonds. The zero-order valence-corrected chi connectivity index (χ0v) is 12.8. The van der Waals surface area contributed by atoms with Gasteiger partial charge in [-0.05, 0) is 73.5 Å². The topological polar surface area (TPSA) is 12.0 Å². The van der Waals surface area contributed by atoms with Crippen LogP contribution in [-0.2, 0) is 6.42 Å². The molecular weight excluding hydrogens is 266 g/mol. The van der Waals surface area contributed by atoms with Crippen molar-refractivity contribution in [3.05, 3.63) is 34.9 Å². The third-order valence-corrected chi connectivity index (χ3v) is 6.10. The normalized spacial score (nSPS) is 35.6. The lowest BCUT2D eigenvalue weighted by molar-refractivity contribution is 0.155. The molecule has 20 heavy (non-hydrogen) atoms. The van der Waals surface area contributed by atoms with Crippen LogP contribution >= 0.6 is 11.6 Å². The van der Waals surface area contributed by atoms with Crippen molar-refractivity contribution in [3.63, 3.8) is 0 Å². The summed E-state index contributed by atoms with van der Waals surface area (Å²) in [6.45, 7) is 1.23. The van der Waals surface area contributed by atoms with Crippen LogP contribution in [0.25, 0.3) is 0 Å². The highest BCUT2D eigenvalue weighted by molar-refractivity contribution is 6.30. The number of benzene rings is 1. The van der Waals surface area contributed by atoms with E-state index in [9.17, 15) is 0 Å². The van der Waals surface area contributed by atoms with Crippen LogP contribution in [0.15, 0.2) is 24.3 Å². The second kappa shape index (κ2) is 5.03. The van der Waals surface area contributed by atoms with Crippen LogP contribution in [0.4, 0.5) is 0 Å². The monoisotopic (exact) mass is 289 g/mol. The summed E-state index contributed by atoms with van der Waals surface area (Å²) in [5, 5.41) is 4.71. The van der Waals surface area contributed by atoms with E-state index in [4.69, 9.17) is 11.6 Å². The van der Waals surface area contributed by atoms with E-state index in [1.807, 2.05) is 6.07 Å². The van der Waals surface area contributed by atoms with E-state index in [1.54, 1.807) is 0 Å². The molecule has 0 saturated heterocycles. The number of hydrogen-bond donors (Lipinski definition) is 1. The number of hydrogen-bond acceptors (Lipinski definition) is 1. The standard InChI is InChI=1S/C18H24ClN/c19-16-3-1-2-13(9-16)10-18(12-20-17-6-7-17)11-14-4-5-15(18)8-14/h1-3,9,14-15,17,20H,4-8,10-12H2. The summed E-state index contributed by atoms with van der Waals surface area (Å²) in [6.07, 6.45) is 9.84. The predicted octanol–water partition coefficient (Wildman–Crippen LogP) is 4.44. The molecule has 1 aromatic carbocycles. The molecule has 3 unspecified atom stereocenters. The van der Waals surface area contributed by atoms with Gasteiger partial charge in [-0.3, -0.25) is 0 Å². The van der Waals surface area contributed by atoms with Gasteiger partial charge >= 0.3 is 0 Å². The van der Waals surface area contributed by atoms with Crippen LogP contribution in [0.3, 0.4) is 0 Å². The van der Waals surface area contributed by atoms with E-state index in [-0.39, 0.29) is 0 Å². The van der Waals surface area contributed by atoms with Crippen LogP contribution in [0.1, 0.15) is 44.1 Å². The van der Waals surface area contributed by atoms with Crippen LogP contribution in [0.2, 0.25) is 5.02 Å². The van der Waals surface area contributed by atoms with Gasteiger partial charge in [-0.1, -0.05) is 30.2 Å². The molecule has 0 aromatic heterocycles. The molecule has 2 heteroatoms. The average Bonchev–Trinajstić information content (AvgIpc) is 3.06. The molecule has 0 spiro atoms. The summed E-state index contributed by atoms with van der Waals surface area (Å²) in [7, 11) is 0. The minimum Gasteiger partial charge on any atom is -0.313 e. The number of fused-ring (bicyclic) bond motifs is 2. The van der Waals surface area contributed by atoms with Gasteiger partial charge in [-0.25, -0.2) is 0 Å². The quantitative estimate of drug-likeness (QED) is 0.845. The third kappa shape index (κ3) is 2.51. The molecule has 108 valence electrons. The second-order valence-electron chi connectivity index (χ2n) is 7.40. The van der Waals surface area contributed by atoms with Gasteiger partial charge < -0.3 is 5.32 Å². The zero-order chi connectivity index (χ0) is 13.6. The summed E-state index contributed by atoms with van der Waals surface area (Å²) >= 11 is 6.18. The van der Waals surface area contributed by atoms with Crippen molar-refractivity contribution in [1.29, 1.82) is 0 Å². The first kappa shape index (κ1) is 13.2. The van der Waals surface area contributed by atoms with Gasteiger partial charge in [0, 0.05) is 17.6 Å². The molecule has 1 aromatic rings. The predicted molar refractivity (Wildman–Crippen MR) is 84.1 cm³/mol. The van der Waals surface area contributed by atoms with E-state index in [0.29, 0.717) is 5.41 Å². The van der Waals surface area contributed by atoms with Gasteiger partial charge in [-0.2, -0.15) is 0 Å². The zero-order valence-electron chi connectivity index (χ0n) is 12.1. The molecule has 3 atom stereocenters. The summed E-state index contributed by atoms with van der Waals surface area (Å²) in [5.41, 5.74) is 1.94. The highest BCUT2D eigenvalue weighted by atomic mass is 35.5. The van der Waals surface area contributed by atoms with Crippen molar-refractivity contribution in [1.82, 2.24) is 5.32 Å². The van der Waals surface area contributed by atoms with E-state index < -0.39 is 0 Å². The van der Waals surface area contributed by atoms with Crippen molar-refractivity contribution < 1.29 is 0 Å². The van der Waals surface area contributed by atoms with Crippen molar-refractivity contribution >= 4 is 11.6 Å². The van der Waals surface area contributed by atoms with Gasteiger partial charge in [0.1, 0.15) is 0 Å². The first-order chi connectivity index (χ1) is 9.73. The lowest BCUT2D eigenvalue weighted by atomic mass is 9.69. The lowest BCUT2D eigenvalue weighted by Gasteiger charge is -2.38. The maximum atomic E-state index is 6.18. The Bertz CT molecular complexity index is 496. The number of nitrogens with one attached hydrogen (secondary N) is 1. The van der Waals surface area contributed by atoms with Crippen molar-refractivity contribution in [3.8, 4) is 0 Å². The second-order valence-corrected chi connectivity index (χ2v) is 7.84. The maximum absolute atomic E-state index is 6.18. The van der Waals surface area contributed by atoms with Gasteiger partial charge in [0.25, 0.3) is 0 Å². The minimum atomic E-state index is 0.510. The van der Waals surface area contributed by atoms with Gasteiger partial charge in [0.2, 0.25) is 0 Å². The van der Waals surface area contributed by atoms with Crippen LogP contribution < -0.4 is 5.32 Å². The molecule has 3 aliphatic rings. The Hall–Kier alpha value is -0.530. The Balaban J connectivity index is 1.54. The molecule has 3 fully saturated rings. The Morgan fingerprint density at radius 3 is 2.75 bits per heavy atom.